The molecule has 1 saturated heterocycles. The predicted molar refractivity (Wildman–Crippen MR) is 76.5 cm³/mol. The van der Waals surface area contributed by atoms with Crippen molar-refractivity contribution in [2.24, 2.45) is 11.8 Å². The van der Waals surface area contributed by atoms with Gasteiger partial charge in [0.05, 0.1) is 0 Å². The lowest BCUT2D eigenvalue weighted by Crippen LogP contribution is -2.46. The van der Waals surface area contributed by atoms with Crippen LogP contribution in [-0.2, 0) is 4.79 Å². The van der Waals surface area contributed by atoms with E-state index in [1.807, 2.05) is 11.8 Å². The minimum absolute atomic E-state index is 0.00311. The second kappa shape index (κ2) is 6.95. The summed E-state index contributed by atoms with van der Waals surface area (Å²) in [6.45, 7) is 3.15. The Morgan fingerprint density at radius 1 is 1.25 bits per heavy atom. The summed E-state index contributed by atoms with van der Waals surface area (Å²) in [7, 11) is 0. The first-order valence-electron chi connectivity index (χ1n) is 7.84. The van der Waals surface area contributed by atoms with Crippen molar-refractivity contribution in [2.45, 2.75) is 57.9 Å². The normalized spacial score (nSPS) is 24.9. The van der Waals surface area contributed by atoms with E-state index in [2.05, 4.69) is 5.32 Å². The van der Waals surface area contributed by atoms with Crippen molar-refractivity contribution in [2.75, 3.05) is 13.1 Å². The molecular formula is C15H26N2O3. The molecule has 2 amide bonds. The summed E-state index contributed by atoms with van der Waals surface area (Å²) in [5.74, 6) is -0.152. The molecule has 2 fully saturated rings. The molecular weight excluding hydrogens is 256 g/mol. The molecule has 114 valence electrons. The fourth-order valence-electron chi connectivity index (χ4n) is 3.61. The maximum Gasteiger partial charge on any atom is 0.317 e. The van der Waals surface area contributed by atoms with Gasteiger partial charge in [-0.05, 0) is 37.5 Å². The molecule has 2 unspecified atom stereocenters. The summed E-state index contributed by atoms with van der Waals surface area (Å²) in [4.78, 5) is 24.9. The number of likely N-dealkylation sites (tertiary alicyclic amines) is 1. The van der Waals surface area contributed by atoms with Crippen molar-refractivity contribution in [1.29, 1.82) is 0 Å². The van der Waals surface area contributed by atoms with Crippen molar-refractivity contribution in [3.8, 4) is 0 Å². The number of nitrogens with zero attached hydrogens (tertiary/aromatic N) is 1. The van der Waals surface area contributed by atoms with Gasteiger partial charge >= 0.3 is 12.0 Å². The summed E-state index contributed by atoms with van der Waals surface area (Å²) in [5, 5.41) is 11.6. The smallest absolute Gasteiger partial charge is 0.317 e. The molecule has 1 heterocycles. The molecule has 0 bridgehead atoms. The Balaban J connectivity index is 1.80. The number of rotatable bonds is 5. The fraction of sp³-hybridized carbons (Fsp3) is 0.867. The van der Waals surface area contributed by atoms with E-state index in [0.717, 1.165) is 19.4 Å². The van der Waals surface area contributed by atoms with Crippen LogP contribution < -0.4 is 5.32 Å². The van der Waals surface area contributed by atoms with Crippen LogP contribution in [0.25, 0.3) is 0 Å². The molecule has 1 saturated carbocycles. The molecule has 0 aromatic carbocycles. The number of hydrogen-bond acceptors (Lipinski definition) is 2. The van der Waals surface area contributed by atoms with Crippen molar-refractivity contribution < 1.29 is 14.7 Å². The first-order valence-corrected chi connectivity index (χ1v) is 7.84. The second-order valence-electron chi connectivity index (χ2n) is 6.34. The average Bonchev–Trinajstić information content (AvgIpc) is 3.04. The molecule has 2 atom stereocenters. The SMILES string of the molecule is CC(CNC(=O)N1CCCC1C1CCCC1)CC(=O)O. The van der Waals surface area contributed by atoms with Gasteiger partial charge < -0.3 is 15.3 Å². The molecule has 20 heavy (non-hydrogen) atoms. The highest BCUT2D eigenvalue weighted by Crippen LogP contribution is 2.35. The Labute approximate surface area is 120 Å². The summed E-state index contributed by atoms with van der Waals surface area (Å²) >= 11 is 0. The molecule has 2 N–H and O–H groups in total. The van der Waals surface area contributed by atoms with Crippen LogP contribution in [0.3, 0.4) is 0 Å². The topological polar surface area (TPSA) is 69.6 Å². The lowest BCUT2D eigenvalue weighted by molar-refractivity contribution is -0.137. The Kier molecular flexibility index (Phi) is 5.26. The molecule has 0 aromatic heterocycles. The van der Waals surface area contributed by atoms with Crippen LogP contribution in [0.15, 0.2) is 0 Å². The average molecular weight is 282 g/mol. The molecule has 0 radical (unpaired) electrons. The number of amides is 2. The zero-order valence-corrected chi connectivity index (χ0v) is 12.3. The molecule has 1 aliphatic heterocycles. The van der Waals surface area contributed by atoms with E-state index in [9.17, 15) is 9.59 Å². The van der Waals surface area contributed by atoms with Crippen LogP contribution in [0, 0.1) is 11.8 Å². The lowest BCUT2D eigenvalue weighted by atomic mass is 9.96. The van der Waals surface area contributed by atoms with Crippen LogP contribution in [0.5, 0.6) is 0 Å². The minimum atomic E-state index is -0.809. The largest absolute Gasteiger partial charge is 0.481 e. The molecule has 0 aromatic rings. The highest BCUT2D eigenvalue weighted by molar-refractivity contribution is 5.75. The van der Waals surface area contributed by atoms with Crippen LogP contribution in [0.2, 0.25) is 0 Å². The van der Waals surface area contributed by atoms with E-state index < -0.39 is 5.97 Å². The van der Waals surface area contributed by atoms with E-state index in [-0.39, 0.29) is 18.4 Å². The first-order chi connectivity index (χ1) is 9.58. The second-order valence-corrected chi connectivity index (χ2v) is 6.34. The quantitative estimate of drug-likeness (QED) is 0.813. The molecule has 5 nitrogen and oxygen atoms in total. The minimum Gasteiger partial charge on any atom is -0.481 e. The van der Waals surface area contributed by atoms with Gasteiger partial charge in [-0.1, -0.05) is 19.8 Å². The highest BCUT2D eigenvalue weighted by Gasteiger charge is 2.35. The standard InChI is InChI=1S/C15H26N2O3/c1-11(9-14(18)19)10-16-15(20)17-8-4-7-13(17)12-5-2-3-6-12/h11-13H,2-10H2,1H3,(H,16,20)(H,18,19). The van der Waals surface area contributed by atoms with Gasteiger partial charge in [-0.3, -0.25) is 4.79 Å². The van der Waals surface area contributed by atoms with Crippen LogP contribution in [0.4, 0.5) is 4.79 Å². The summed E-state index contributed by atoms with van der Waals surface area (Å²) in [6.07, 6.45) is 7.43. The van der Waals surface area contributed by atoms with Crippen molar-refractivity contribution in [1.82, 2.24) is 10.2 Å². The van der Waals surface area contributed by atoms with E-state index in [1.165, 1.54) is 25.7 Å². The van der Waals surface area contributed by atoms with Crippen LogP contribution in [0.1, 0.15) is 51.9 Å². The van der Waals surface area contributed by atoms with E-state index in [4.69, 9.17) is 5.11 Å². The Bertz CT molecular complexity index is 353. The number of carboxylic acids is 1. The van der Waals surface area contributed by atoms with Gasteiger partial charge in [-0.15, -0.1) is 0 Å². The first kappa shape index (κ1) is 15.1. The predicted octanol–water partition coefficient (Wildman–Crippen LogP) is 2.46. The number of carbonyl (C=O) groups excluding carboxylic acids is 1. The number of nitrogens with one attached hydrogen (secondary N) is 1. The zero-order chi connectivity index (χ0) is 14.5. The van der Waals surface area contributed by atoms with Crippen molar-refractivity contribution >= 4 is 12.0 Å². The Hall–Kier alpha value is -1.26. The van der Waals surface area contributed by atoms with Gasteiger partial charge in [0.25, 0.3) is 0 Å². The lowest BCUT2D eigenvalue weighted by Gasteiger charge is -2.30. The molecule has 2 rings (SSSR count). The number of urea groups is 1. The third-order valence-electron chi connectivity index (χ3n) is 4.63. The number of hydrogen-bond donors (Lipinski definition) is 2. The zero-order valence-electron chi connectivity index (χ0n) is 12.3. The summed E-state index contributed by atoms with van der Waals surface area (Å²) < 4.78 is 0. The monoisotopic (exact) mass is 282 g/mol. The maximum atomic E-state index is 12.3. The maximum absolute atomic E-state index is 12.3. The van der Waals surface area contributed by atoms with Crippen LogP contribution >= 0.6 is 0 Å². The Morgan fingerprint density at radius 3 is 2.60 bits per heavy atom. The fourth-order valence-corrected chi connectivity index (χ4v) is 3.61. The molecule has 2 aliphatic rings. The van der Waals surface area contributed by atoms with Gasteiger partial charge in [-0.2, -0.15) is 0 Å². The van der Waals surface area contributed by atoms with Gasteiger partial charge in [0.1, 0.15) is 0 Å². The summed E-state index contributed by atoms with van der Waals surface area (Å²) in [6, 6.07) is 0.406. The number of aliphatic carboxylic acids is 1. The Morgan fingerprint density at radius 2 is 1.95 bits per heavy atom. The molecule has 1 aliphatic carbocycles. The number of carboxylic acid groups (broad SMARTS) is 1. The number of carbonyl (C=O) groups is 2. The summed E-state index contributed by atoms with van der Waals surface area (Å²) in [5.41, 5.74) is 0. The van der Waals surface area contributed by atoms with E-state index >= 15 is 0 Å². The highest BCUT2D eigenvalue weighted by atomic mass is 16.4. The van der Waals surface area contributed by atoms with Gasteiger partial charge in [0, 0.05) is 25.6 Å². The molecule has 0 spiro atoms. The molecule has 5 heteroatoms. The van der Waals surface area contributed by atoms with Crippen molar-refractivity contribution in [3.63, 3.8) is 0 Å². The van der Waals surface area contributed by atoms with E-state index in [1.54, 1.807) is 0 Å². The van der Waals surface area contributed by atoms with Gasteiger partial charge in [0.15, 0.2) is 0 Å². The van der Waals surface area contributed by atoms with Gasteiger partial charge in [-0.25, -0.2) is 4.79 Å². The van der Waals surface area contributed by atoms with Crippen LogP contribution in [-0.4, -0.2) is 41.1 Å². The van der Waals surface area contributed by atoms with Crippen molar-refractivity contribution in [3.05, 3.63) is 0 Å². The van der Waals surface area contributed by atoms with Gasteiger partial charge in [0.2, 0.25) is 0 Å². The third-order valence-corrected chi connectivity index (χ3v) is 4.63. The van der Waals surface area contributed by atoms with E-state index in [0.29, 0.717) is 18.5 Å². The third kappa shape index (κ3) is 3.87.